The summed E-state index contributed by atoms with van der Waals surface area (Å²) in [5, 5.41) is 3.61. The molecule has 1 aromatic rings. The number of hydrogen-bond donors (Lipinski definition) is 1. The van der Waals surface area contributed by atoms with Gasteiger partial charge in [-0.1, -0.05) is 19.4 Å². The maximum atomic E-state index is 5.66. The van der Waals surface area contributed by atoms with Crippen LogP contribution in [0.25, 0.3) is 0 Å². The van der Waals surface area contributed by atoms with E-state index in [1.807, 2.05) is 6.07 Å². The van der Waals surface area contributed by atoms with E-state index < -0.39 is 0 Å². The van der Waals surface area contributed by atoms with Gasteiger partial charge in [-0.3, -0.25) is 0 Å². The smallest absolute Gasteiger partial charge is 0.161 e. The molecule has 4 nitrogen and oxygen atoms in total. The first-order valence-electron chi connectivity index (χ1n) is 8.19. The van der Waals surface area contributed by atoms with Crippen molar-refractivity contribution >= 4 is 0 Å². The summed E-state index contributed by atoms with van der Waals surface area (Å²) < 4.78 is 11.2. The van der Waals surface area contributed by atoms with Crippen LogP contribution in [0.4, 0.5) is 0 Å². The number of rotatable bonds is 5. The molecule has 2 heterocycles. The zero-order chi connectivity index (χ0) is 14.5. The van der Waals surface area contributed by atoms with E-state index in [-0.39, 0.29) is 0 Å². The molecule has 0 aromatic heterocycles. The van der Waals surface area contributed by atoms with Gasteiger partial charge < -0.3 is 19.7 Å². The molecule has 1 fully saturated rings. The summed E-state index contributed by atoms with van der Waals surface area (Å²) in [6, 6.07) is 7.02. The molecule has 4 heteroatoms. The Hall–Kier alpha value is -1.26. The van der Waals surface area contributed by atoms with Crippen LogP contribution in [0.5, 0.6) is 11.5 Å². The Labute approximate surface area is 127 Å². The Kier molecular flexibility index (Phi) is 4.99. The van der Waals surface area contributed by atoms with Gasteiger partial charge in [-0.25, -0.2) is 0 Å². The first kappa shape index (κ1) is 14.7. The van der Waals surface area contributed by atoms with Crippen molar-refractivity contribution in [1.29, 1.82) is 0 Å². The van der Waals surface area contributed by atoms with Crippen LogP contribution in [0.3, 0.4) is 0 Å². The van der Waals surface area contributed by atoms with Crippen molar-refractivity contribution in [3.63, 3.8) is 0 Å². The molecule has 0 radical (unpaired) electrons. The van der Waals surface area contributed by atoms with Gasteiger partial charge in [-0.05, 0) is 30.5 Å². The monoisotopic (exact) mass is 290 g/mol. The van der Waals surface area contributed by atoms with Gasteiger partial charge in [0.2, 0.25) is 0 Å². The molecular weight excluding hydrogens is 264 g/mol. The lowest BCUT2D eigenvalue weighted by molar-refractivity contribution is 0.171. The minimum Gasteiger partial charge on any atom is -0.486 e. The summed E-state index contributed by atoms with van der Waals surface area (Å²) in [7, 11) is 0. The number of ether oxygens (including phenoxy) is 2. The second kappa shape index (κ2) is 7.14. The lowest BCUT2D eigenvalue weighted by atomic mass is 10.1. The fourth-order valence-corrected chi connectivity index (χ4v) is 3.17. The van der Waals surface area contributed by atoms with Gasteiger partial charge in [-0.15, -0.1) is 0 Å². The molecule has 1 saturated heterocycles. The number of piperazine rings is 1. The van der Waals surface area contributed by atoms with Crippen LogP contribution in [0.1, 0.15) is 25.3 Å². The summed E-state index contributed by atoms with van der Waals surface area (Å²) in [6.07, 6.45) is 3.61. The minimum atomic E-state index is 0.659. The summed E-state index contributed by atoms with van der Waals surface area (Å²) in [6.45, 7) is 8.16. The van der Waals surface area contributed by atoms with Crippen molar-refractivity contribution in [2.45, 2.75) is 32.2 Å². The van der Waals surface area contributed by atoms with Gasteiger partial charge in [0.25, 0.3) is 0 Å². The SMILES string of the molecule is CCCC1CN(CCc2ccc3c(c2)OCCO3)CCN1. The number of hydrogen-bond acceptors (Lipinski definition) is 4. The van der Waals surface area contributed by atoms with Crippen molar-refractivity contribution in [2.75, 3.05) is 39.4 Å². The number of nitrogens with one attached hydrogen (secondary N) is 1. The molecule has 116 valence electrons. The molecule has 0 amide bonds. The van der Waals surface area contributed by atoms with Gasteiger partial charge in [0.1, 0.15) is 13.2 Å². The average Bonchev–Trinajstić information content (AvgIpc) is 2.53. The van der Waals surface area contributed by atoms with E-state index in [1.54, 1.807) is 0 Å². The van der Waals surface area contributed by atoms with Crippen LogP contribution in [-0.2, 0) is 6.42 Å². The van der Waals surface area contributed by atoms with Crippen LogP contribution in [0.15, 0.2) is 18.2 Å². The van der Waals surface area contributed by atoms with Crippen molar-refractivity contribution < 1.29 is 9.47 Å². The van der Waals surface area contributed by atoms with E-state index in [4.69, 9.17) is 9.47 Å². The lowest BCUT2D eigenvalue weighted by Gasteiger charge is -2.33. The molecular formula is C17H26N2O2. The summed E-state index contributed by atoms with van der Waals surface area (Å²) in [5.41, 5.74) is 1.34. The Morgan fingerprint density at radius 3 is 2.95 bits per heavy atom. The van der Waals surface area contributed by atoms with Gasteiger partial charge >= 0.3 is 0 Å². The first-order valence-corrected chi connectivity index (χ1v) is 8.19. The topological polar surface area (TPSA) is 33.7 Å². The predicted molar refractivity (Wildman–Crippen MR) is 84.3 cm³/mol. The highest BCUT2D eigenvalue weighted by Crippen LogP contribution is 2.30. The van der Waals surface area contributed by atoms with Crippen LogP contribution in [0, 0.1) is 0 Å². The number of benzene rings is 1. The largest absolute Gasteiger partial charge is 0.486 e. The Morgan fingerprint density at radius 2 is 2.10 bits per heavy atom. The third-order valence-electron chi connectivity index (χ3n) is 4.30. The van der Waals surface area contributed by atoms with Crippen molar-refractivity contribution in [3.8, 4) is 11.5 Å². The van der Waals surface area contributed by atoms with Crippen LogP contribution in [-0.4, -0.2) is 50.3 Å². The third-order valence-corrected chi connectivity index (χ3v) is 4.30. The average molecular weight is 290 g/mol. The molecule has 3 rings (SSSR count). The second-order valence-electron chi connectivity index (χ2n) is 5.97. The molecule has 1 N–H and O–H groups in total. The molecule has 2 aliphatic rings. The molecule has 21 heavy (non-hydrogen) atoms. The van der Waals surface area contributed by atoms with Crippen molar-refractivity contribution in [1.82, 2.24) is 10.2 Å². The van der Waals surface area contributed by atoms with Gasteiger partial charge in [0, 0.05) is 32.2 Å². The van der Waals surface area contributed by atoms with E-state index in [0.29, 0.717) is 19.3 Å². The molecule has 0 spiro atoms. The maximum Gasteiger partial charge on any atom is 0.161 e. The summed E-state index contributed by atoms with van der Waals surface area (Å²) >= 11 is 0. The van der Waals surface area contributed by atoms with Gasteiger partial charge in [-0.2, -0.15) is 0 Å². The standard InChI is InChI=1S/C17H26N2O2/c1-2-3-15-13-19(9-7-18-15)8-6-14-4-5-16-17(12-14)21-11-10-20-16/h4-5,12,15,18H,2-3,6-11,13H2,1H3. The Bertz CT molecular complexity index is 462. The van der Waals surface area contributed by atoms with E-state index >= 15 is 0 Å². The van der Waals surface area contributed by atoms with Crippen molar-refractivity contribution in [2.24, 2.45) is 0 Å². The lowest BCUT2D eigenvalue weighted by Crippen LogP contribution is -2.50. The first-order chi connectivity index (χ1) is 10.3. The van der Waals surface area contributed by atoms with E-state index in [9.17, 15) is 0 Å². The molecule has 1 aromatic carbocycles. The quantitative estimate of drug-likeness (QED) is 0.900. The van der Waals surface area contributed by atoms with Crippen LogP contribution < -0.4 is 14.8 Å². The number of nitrogens with zero attached hydrogens (tertiary/aromatic N) is 1. The minimum absolute atomic E-state index is 0.659. The molecule has 1 unspecified atom stereocenters. The van der Waals surface area contributed by atoms with Crippen LogP contribution in [0.2, 0.25) is 0 Å². The zero-order valence-corrected chi connectivity index (χ0v) is 12.9. The zero-order valence-electron chi connectivity index (χ0n) is 12.9. The molecule has 0 aliphatic carbocycles. The highest BCUT2D eigenvalue weighted by molar-refractivity contribution is 5.43. The van der Waals surface area contributed by atoms with E-state index in [1.165, 1.54) is 24.9 Å². The van der Waals surface area contributed by atoms with Crippen molar-refractivity contribution in [3.05, 3.63) is 23.8 Å². The Morgan fingerprint density at radius 1 is 1.24 bits per heavy atom. The van der Waals surface area contributed by atoms with Gasteiger partial charge in [0.15, 0.2) is 11.5 Å². The van der Waals surface area contributed by atoms with Gasteiger partial charge in [0.05, 0.1) is 0 Å². The van der Waals surface area contributed by atoms with Crippen LogP contribution >= 0.6 is 0 Å². The normalized spacial score (nSPS) is 22.2. The highest BCUT2D eigenvalue weighted by atomic mass is 16.6. The maximum absolute atomic E-state index is 5.66. The molecule has 0 bridgehead atoms. The van der Waals surface area contributed by atoms with E-state index in [0.717, 1.165) is 37.6 Å². The summed E-state index contributed by atoms with van der Waals surface area (Å²) in [4.78, 5) is 2.58. The summed E-state index contributed by atoms with van der Waals surface area (Å²) in [5.74, 6) is 1.79. The molecule has 1 atom stereocenters. The molecule has 0 saturated carbocycles. The fraction of sp³-hybridized carbons (Fsp3) is 0.647. The second-order valence-corrected chi connectivity index (χ2v) is 5.97. The third kappa shape index (κ3) is 3.89. The highest BCUT2D eigenvalue weighted by Gasteiger charge is 2.18. The molecule has 2 aliphatic heterocycles. The Balaban J connectivity index is 1.52. The van der Waals surface area contributed by atoms with E-state index in [2.05, 4.69) is 29.3 Å². The fourth-order valence-electron chi connectivity index (χ4n) is 3.17. The number of fused-ring (bicyclic) bond motifs is 1. The predicted octanol–water partition coefficient (Wildman–Crippen LogP) is 2.07.